The number of aliphatic hydroxyl groups excluding tert-OH is 1. The summed E-state index contributed by atoms with van der Waals surface area (Å²) < 4.78 is 38.4. The number of rotatable bonds is 12. The summed E-state index contributed by atoms with van der Waals surface area (Å²) in [7, 11) is 0. The van der Waals surface area contributed by atoms with E-state index in [1.165, 1.54) is 36.4 Å². The number of halogens is 2. The highest BCUT2D eigenvalue weighted by atomic mass is 19.1. The van der Waals surface area contributed by atoms with Crippen LogP contribution in [-0.2, 0) is 14.9 Å². The highest BCUT2D eigenvalue weighted by Gasteiger charge is 2.58. The van der Waals surface area contributed by atoms with Crippen molar-refractivity contribution in [2.75, 3.05) is 13.2 Å². The first kappa shape index (κ1) is 26.0. The summed E-state index contributed by atoms with van der Waals surface area (Å²) in [5.74, 6) is -0.716. The molecule has 2 N–H and O–H groups in total. The van der Waals surface area contributed by atoms with Gasteiger partial charge in [0.2, 0.25) is 0 Å². The molecule has 4 rings (SSSR count). The summed E-state index contributed by atoms with van der Waals surface area (Å²) in [4.78, 5) is 10.7. The van der Waals surface area contributed by atoms with Gasteiger partial charge in [-0.25, -0.2) is 8.78 Å². The van der Waals surface area contributed by atoms with Crippen molar-refractivity contribution in [3.8, 4) is 5.75 Å². The third-order valence-electron chi connectivity index (χ3n) is 7.25. The molecule has 1 heterocycles. The number of carbonyl (C=O) groups is 1. The number of carboxylic acids is 1. The van der Waals surface area contributed by atoms with Crippen molar-refractivity contribution < 1.29 is 33.3 Å². The van der Waals surface area contributed by atoms with Crippen LogP contribution in [0.3, 0.4) is 0 Å². The van der Waals surface area contributed by atoms with E-state index < -0.39 is 12.1 Å². The number of aliphatic hydroxyl groups is 1. The Bertz CT molecular complexity index is 1070. The zero-order valence-electron chi connectivity index (χ0n) is 20.1. The molecule has 2 aliphatic rings. The average molecular weight is 499 g/mol. The number of carboxylic acid groups (broad SMARTS) is 1. The van der Waals surface area contributed by atoms with Crippen LogP contribution in [0.4, 0.5) is 8.78 Å². The van der Waals surface area contributed by atoms with Gasteiger partial charge in [0.05, 0.1) is 12.7 Å². The molecule has 0 radical (unpaired) electrons. The van der Waals surface area contributed by atoms with Gasteiger partial charge in [0.1, 0.15) is 30.1 Å². The van der Waals surface area contributed by atoms with Crippen LogP contribution < -0.4 is 4.74 Å². The second kappa shape index (κ2) is 11.8. The number of aliphatic carboxylic acids is 1. The summed E-state index contributed by atoms with van der Waals surface area (Å²) in [5, 5.41) is 19.3. The van der Waals surface area contributed by atoms with Crippen LogP contribution in [0.25, 0.3) is 0 Å². The maximum absolute atomic E-state index is 13.6. The van der Waals surface area contributed by atoms with Gasteiger partial charge in [-0.15, -0.1) is 0 Å². The van der Waals surface area contributed by atoms with E-state index in [1.807, 2.05) is 24.3 Å². The van der Waals surface area contributed by atoms with Crippen molar-refractivity contribution in [3.63, 3.8) is 0 Å². The van der Waals surface area contributed by atoms with Crippen molar-refractivity contribution >= 4 is 5.97 Å². The highest BCUT2D eigenvalue weighted by molar-refractivity contribution is 5.66. The molecule has 1 saturated heterocycles. The summed E-state index contributed by atoms with van der Waals surface area (Å²) in [6, 6.07) is 12.3. The van der Waals surface area contributed by atoms with E-state index in [9.17, 15) is 18.7 Å². The molecule has 36 heavy (non-hydrogen) atoms. The Morgan fingerprint density at radius 1 is 1.11 bits per heavy atom. The predicted molar refractivity (Wildman–Crippen MR) is 132 cm³/mol. The van der Waals surface area contributed by atoms with E-state index >= 15 is 0 Å². The average Bonchev–Trinajstić information content (AvgIpc) is 3.43. The Morgan fingerprint density at radius 3 is 2.50 bits per heavy atom. The quantitative estimate of drug-likeness (QED) is 0.301. The van der Waals surface area contributed by atoms with Crippen molar-refractivity contribution in [2.24, 2.45) is 11.8 Å². The van der Waals surface area contributed by atoms with Crippen molar-refractivity contribution in [2.45, 2.75) is 49.7 Å². The molecule has 1 saturated carbocycles. The van der Waals surface area contributed by atoms with Crippen LogP contribution in [0.1, 0.15) is 37.7 Å². The number of hydrogen-bond acceptors (Lipinski definition) is 4. The number of unbranched alkanes of at least 4 members (excludes halogenated alkanes) is 1. The Labute approximate surface area is 210 Å². The Balaban J connectivity index is 1.45. The van der Waals surface area contributed by atoms with E-state index in [-0.39, 0.29) is 48.0 Å². The van der Waals surface area contributed by atoms with Gasteiger partial charge in [-0.1, -0.05) is 36.4 Å². The maximum Gasteiger partial charge on any atom is 0.303 e. The Morgan fingerprint density at radius 2 is 1.81 bits per heavy atom. The zero-order chi connectivity index (χ0) is 25.5. The van der Waals surface area contributed by atoms with Crippen LogP contribution in [0.5, 0.6) is 5.75 Å². The van der Waals surface area contributed by atoms with E-state index in [2.05, 4.69) is 6.08 Å². The zero-order valence-corrected chi connectivity index (χ0v) is 20.1. The second-order valence-electron chi connectivity index (χ2n) is 9.61. The van der Waals surface area contributed by atoms with Gasteiger partial charge in [-0.2, -0.15) is 0 Å². The fourth-order valence-electron chi connectivity index (χ4n) is 5.46. The lowest BCUT2D eigenvalue weighted by Crippen LogP contribution is -2.39. The third-order valence-corrected chi connectivity index (χ3v) is 7.25. The molecule has 2 aromatic rings. The summed E-state index contributed by atoms with van der Waals surface area (Å²) in [6.07, 6.45) is 10.0. The smallest absolute Gasteiger partial charge is 0.303 e. The first-order chi connectivity index (χ1) is 17.4. The van der Waals surface area contributed by atoms with Gasteiger partial charge in [0.15, 0.2) is 0 Å². The molecule has 5 nitrogen and oxygen atoms in total. The summed E-state index contributed by atoms with van der Waals surface area (Å²) in [5.41, 5.74) is 0.792. The molecule has 1 aliphatic carbocycles. The lowest BCUT2D eigenvalue weighted by molar-refractivity contribution is -0.137. The first-order valence-electron chi connectivity index (χ1n) is 12.4. The monoisotopic (exact) mass is 498 g/mol. The molecule has 2 aromatic carbocycles. The number of hydrogen-bond donors (Lipinski definition) is 2. The molecule has 2 fully saturated rings. The molecule has 0 amide bonds. The van der Waals surface area contributed by atoms with Crippen molar-refractivity contribution in [1.29, 1.82) is 0 Å². The van der Waals surface area contributed by atoms with Gasteiger partial charge >= 0.3 is 5.97 Å². The van der Waals surface area contributed by atoms with E-state index in [1.54, 1.807) is 6.08 Å². The minimum atomic E-state index is -0.844. The van der Waals surface area contributed by atoms with Gasteiger partial charge in [0.25, 0.3) is 0 Å². The standard InChI is InChI=1S/C29H32F2O5/c30-21-9-7-20(8-10-21)29-17-27(36-19-29)25(26(29)5-3-1-2-4-6-28(33)34)16-13-23(32)18-35-24-14-11-22(31)12-15-24/h1,3,7-16,23,25-27,32H,2,4-6,17-19H2,(H,33,34)/t23-,25+,26+,27+,29+/m1/s1. The molecular formula is C29H32F2O5. The minimum Gasteiger partial charge on any atom is -0.491 e. The van der Waals surface area contributed by atoms with Gasteiger partial charge < -0.3 is 19.7 Å². The number of fused-ring (bicyclic) bond motifs is 2. The molecule has 192 valence electrons. The molecule has 2 bridgehead atoms. The Kier molecular flexibility index (Phi) is 8.54. The molecule has 1 aliphatic heterocycles. The topological polar surface area (TPSA) is 76.0 Å². The fourth-order valence-corrected chi connectivity index (χ4v) is 5.46. The SMILES string of the molecule is O=C(O)CCCC=CC[C@H]1[C@H](C=C[C@@H](O)COc2ccc(F)cc2)[C@@H]2C[C@@]1(c1ccc(F)cc1)CO2. The Hall–Kier alpha value is -3.03. The molecular weight excluding hydrogens is 466 g/mol. The van der Waals surface area contributed by atoms with Crippen LogP contribution in [0, 0.1) is 23.5 Å². The largest absolute Gasteiger partial charge is 0.491 e. The normalized spacial score (nSPS) is 26.1. The number of ether oxygens (including phenoxy) is 2. The highest BCUT2D eigenvalue weighted by Crippen LogP contribution is 2.57. The van der Waals surface area contributed by atoms with Gasteiger partial charge in [-0.05, 0) is 73.6 Å². The van der Waals surface area contributed by atoms with E-state index in [0.29, 0.717) is 25.2 Å². The lowest BCUT2D eigenvalue weighted by Gasteiger charge is -2.38. The lowest BCUT2D eigenvalue weighted by atomic mass is 9.69. The fraction of sp³-hybridized carbons (Fsp3) is 0.414. The van der Waals surface area contributed by atoms with Crippen LogP contribution in [0.15, 0.2) is 72.8 Å². The predicted octanol–water partition coefficient (Wildman–Crippen LogP) is 5.43. The van der Waals surface area contributed by atoms with Crippen LogP contribution in [0.2, 0.25) is 0 Å². The molecule has 7 heteroatoms. The molecule has 0 aromatic heterocycles. The van der Waals surface area contributed by atoms with Crippen LogP contribution >= 0.6 is 0 Å². The van der Waals surface area contributed by atoms with E-state index in [4.69, 9.17) is 14.6 Å². The third kappa shape index (κ3) is 6.20. The minimum absolute atomic E-state index is 0.0121. The van der Waals surface area contributed by atoms with Crippen LogP contribution in [-0.4, -0.2) is 41.6 Å². The van der Waals surface area contributed by atoms with Gasteiger partial charge in [-0.3, -0.25) is 4.79 Å². The molecule has 5 atom stereocenters. The van der Waals surface area contributed by atoms with Crippen molar-refractivity contribution in [1.82, 2.24) is 0 Å². The van der Waals surface area contributed by atoms with E-state index in [0.717, 1.165) is 18.4 Å². The number of allylic oxidation sites excluding steroid dienone is 2. The maximum atomic E-state index is 13.6. The summed E-state index contributed by atoms with van der Waals surface area (Å²) >= 11 is 0. The summed E-state index contributed by atoms with van der Waals surface area (Å²) in [6.45, 7) is 0.596. The van der Waals surface area contributed by atoms with Crippen molar-refractivity contribution in [3.05, 3.63) is 90.0 Å². The second-order valence-corrected chi connectivity index (χ2v) is 9.61. The first-order valence-corrected chi connectivity index (χ1v) is 12.4. The van der Waals surface area contributed by atoms with Gasteiger partial charge in [0, 0.05) is 17.8 Å². The molecule has 0 spiro atoms. The number of benzene rings is 2. The molecule has 0 unspecified atom stereocenters.